The lowest BCUT2D eigenvalue weighted by Gasteiger charge is -2.29. The molecule has 0 saturated carbocycles. The molecular weight excluding hydrogens is 499 g/mol. The van der Waals surface area contributed by atoms with Gasteiger partial charge in [0.15, 0.2) is 0 Å². The van der Waals surface area contributed by atoms with Gasteiger partial charge in [0, 0.05) is 36.9 Å². The first-order valence-corrected chi connectivity index (χ1v) is 12.4. The van der Waals surface area contributed by atoms with Crippen molar-refractivity contribution in [3.8, 4) is 0 Å². The number of pyridine rings is 1. The van der Waals surface area contributed by atoms with E-state index in [1.165, 1.54) is 12.1 Å². The van der Waals surface area contributed by atoms with Crippen LogP contribution in [-0.2, 0) is 22.6 Å². The zero-order chi connectivity index (χ0) is 25.5. The summed E-state index contributed by atoms with van der Waals surface area (Å²) in [7, 11) is 0. The number of likely N-dealkylation sites (tertiary alicyclic amines) is 1. The summed E-state index contributed by atoms with van der Waals surface area (Å²) in [5, 5.41) is 6.34. The number of carbonyl (C=O) groups excluding carboxylic acids is 3. The zero-order valence-corrected chi connectivity index (χ0v) is 21.0. The third kappa shape index (κ3) is 6.42. The van der Waals surface area contributed by atoms with Crippen LogP contribution in [0.5, 0.6) is 0 Å². The molecule has 4 rings (SSSR count). The predicted molar refractivity (Wildman–Crippen MR) is 139 cm³/mol. The Hall–Kier alpha value is -3.42. The van der Waals surface area contributed by atoms with Crippen molar-refractivity contribution in [2.24, 2.45) is 0 Å². The Bertz CT molecular complexity index is 1220. The topological polar surface area (TPSA) is 91.4 Å². The second-order valence-corrected chi connectivity index (χ2v) is 9.45. The van der Waals surface area contributed by atoms with Crippen molar-refractivity contribution >= 4 is 40.9 Å². The van der Waals surface area contributed by atoms with Crippen molar-refractivity contribution < 1.29 is 14.4 Å². The summed E-state index contributed by atoms with van der Waals surface area (Å²) in [4.78, 5) is 45.4. The Balaban J connectivity index is 1.51. The van der Waals surface area contributed by atoms with Crippen LogP contribution in [0, 0.1) is 0 Å². The molecule has 36 heavy (non-hydrogen) atoms. The zero-order valence-electron chi connectivity index (χ0n) is 19.5. The second kappa shape index (κ2) is 12.0. The molecule has 1 aliphatic rings. The van der Waals surface area contributed by atoms with E-state index in [2.05, 4.69) is 15.6 Å². The fourth-order valence-corrected chi connectivity index (χ4v) is 4.76. The van der Waals surface area contributed by atoms with Crippen LogP contribution in [0.3, 0.4) is 0 Å². The minimum absolute atomic E-state index is 0.187. The van der Waals surface area contributed by atoms with E-state index in [1.54, 1.807) is 29.4 Å². The van der Waals surface area contributed by atoms with Crippen LogP contribution in [-0.4, -0.2) is 46.2 Å². The highest BCUT2D eigenvalue weighted by molar-refractivity contribution is 6.36. The van der Waals surface area contributed by atoms with Gasteiger partial charge in [0.25, 0.3) is 5.91 Å². The summed E-state index contributed by atoms with van der Waals surface area (Å²) in [5.74, 6) is -1.03. The number of nitrogens with zero attached hydrogens (tertiary/aromatic N) is 2. The van der Waals surface area contributed by atoms with Gasteiger partial charge in [-0.3, -0.25) is 19.4 Å². The Morgan fingerprint density at radius 1 is 1.03 bits per heavy atom. The maximum Gasteiger partial charge on any atom is 0.253 e. The fraction of sp³-hybridized carbons (Fsp3) is 0.259. The van der Waals surface area contributed by atoms with Crippen LogP contribution in [0.4, 0.5) is 0 Å². The number of hydrogen-bond donors (Lipinski definition) is 2. The van der Waals surface area contributed by atoms with Crippen molar-refractivity contribution in [2.45, 2.75) is 37.9 Å². The van der Waals surface area contributed by atoms with E-state index in [0.29, 0.717) is 31.0 Å². The number of hydrogen-bond acceptors (Lipinski definition) is 4. The summed E-state index contributed by atoms with van der Waals surface area (Å²) in [6, 6.07) is 16.2. The lowest BCUT2D eigenvalue weighted by atomic mass is 10.0. The van der Waals surface area contributed by atoms with Gasteiger partial charge >= 0.3 is 0 Å². The van der Waals surface area contributed by atoms with E-state index < -0.39 is 18.0 Å². The fourth-order valence-electron chi connectivity index (χ4n) is 4.27. The molecule has 1 saturated heterocycles. The van der Waals surface area contributed by atoms with Gasteiger partial charge in [-0.05, 0) is 48.2 Å². The molecule has 0 aliphatic carbocycles. The number of carbonyl (C=O) groups is 3. The van der Waals surface area contributed by atoms with E-state index in [4.69, 9.17) is 23.2 Å². The quantitative estimate of drug-likeness (QED) is 0.465. The van der Waals surface area contributed by atoms with Crippen LogP contribution in [0.25, 0.3) is 0 Å². The molecule has 0 spiro atoms. The van der Waals surface area contributed by atoms with E-state index in [9.17, 15) is 14.4 Å². The molecule has 1 aliphatic heterocycles. The van der Waals surface area contributed by atoms with Crippen LogP contribution in [0.1, 0.15) is 34.3 Å². The highest BCUT2D eigenvalue weighted by atomic mass is 35.5. The van der Waals surface area contributed by atoms with E-state index in [0.717, 1.165) is 11.1 Å². The SMILES string of the molecule is O=C(N[C@@H](Cc1cccnc1)C(=O)N1CCC[C@H]1C(=O)NCc1ccccc1)c1ccc(Cl)cc1Cl. The normalized spacial score (nSPS) is 15.8. The van der Waals surface area contributed by atoms with Crippen molar-refractivity contribution in [3.05, 3.63) is 99.8 Å². The molecule has 2 N–H and O–H groups in total. The average molecular weight is 525 g/mol. The predicted octanol–water partition coefficient (Wildman–Crippen LogP) is 4.04. The Morgan fingerprint density at radius 3 is 2.53 bits per heavy atom. The van der Waals surface area contributed by atoms with Gasteiger partial charge < -0.3 is 15.5 Å². The molecular formula is C27H26Cl2N4O3. The van der Waals surface area contributed by atoms with Crippen molar-refractivity contribution in [3.63, 3.8) is 0 Å². The summed E-state index contributed by atoms with van der Waals surface area (Å²) >= 11 is 12.2. The Labute approximate surface area is 219 Å². The summed E-state index contributed by atoms with van der Waals surface area (Å²) < 4.78 is 0. The third-order valence-corrected chi connectivity index (χ3v) is 6.64. The lowest BCUT2D eigenvalue weighted by Crippen LogP contribution is -2.54. The first kappa shape index (κ1) is 25.7. The molecule has 0 bridgehead atoms. The van der Waals surface area contributed by atoms with Gasteiger partial charge in [-0.1, -0.05) is 59.6 Å². The first-order chi connectivity index (χ1) is 17.4. The molecule has 3 amide bonds. The van der Waals surface area contributed by atoms with Crippen LogP contribution < -0.4 is 10.6 Å². The van der Waals surface area contributed by atoms with Gasteiger partial charge in [0.2, 0.25) is 11.8 Å². The third-order valence-electron chi connectivity index (χ3n) is 6.09. The smallest absolute Gasteiger partial charge is 0.253 e. The molecule has 7 nitrogen and oxygen atoms in total. The monoisotopic (exact) mass is 524 g/mol. The summed E-state index contributed by atoms with van der Waals surface area (Å²) in [6.07, 6.45) is 4.77. The van der Waals surface area contributed by atoms with Crippen molar-refractivity contribution in [2.75, 3.05) is 6.54 Å². The van der Waals surface area contributed by atoms with Gasteiger partial charge in [-0.2, -0.15) is 0 Å². The maximum absolute atomic E-state index is 13.7. The first-order valence-electron chi connectivity index (χ1n) is 11.7. The average Bonchev–Trinajstić information content (AvgIpc) is 3.38. The minimum Gasteiger partial charge on any atom is -0.350 e. The molecule has 2 heterocycles. The molecule has 2 atom stereocenters. The van der Waals surface area contributed by atoms with E-state index in [1.807, 2.05) is 36.4 Å². The standard InChI is InChI=1S/C27H26Cl2N4O3/c28-20-10-11-21(22(29)15-20)25(34)32-23(14-19-8-4-12-30-16-19)27(36)33-13-5-9-24(33)26(35)31-17-18-6-2-1-3-7-18/h1-4,6-8,10-12,15-16,23-24H,5,9,13-14,17H2,(H,31,35)(H,32,34)/t23-,24-/m0/s1. The van der Waals surface area contributed by atoms with Gasteiger partial charge in [0.1, 0.15) is 12.1 Å². The molecule has 186 valence electrons. The van der Waals surface area contributed by atoms with Crippen LogP contribution in [0.15, 0.2) is 73.1 Å². The number of nitrogens with one attached hydrogen (secondary N) is 2. The Morgan fingerprint density at radius 2 is 1.81 bits per heavy atom. The van der Waals surface area contributed by atoms with Crippen LogP contribution in [0.2, 0.25) is 10.0 Å². The minimum atomic E-state index is -0.907. The van der Waals surface area contributed by atoms with Crippen molar-refractivity contribution in [1.82, 2.24) is 20.5 Å². The molecule has 3 aromatic rings. The molecule has 0 radical (unpaired) electrons. The largest absolute Gasteiger partial charge is 0.350 e. The lowest BCUT2D eigenvalue weighted by molar-refractivity contribution is -0.139. The number of rotatable bonds is 8. The molecule has 1 aromatic heterocycles. The summed E-state index contributed by atoms with van der Waals surface area (Å²) in [6.45, 7) is 0.812. The molecule has 2 aromatic carbocycles. The number of amides is 3. The molecule has 0 unspecified atom stereocenters. The highest BCUT2D eigenvalue weighted by Gasteiger charge is 2.37. The number of benzene rings is 2. The van der Waals surface area contributed by atoms with E-state index in [-0.39, 0.29) is 28.8 Å². The van der Waals surface area contributed by atoms with Crippen LogP contribution >= 0.6 is 23.2 Å². The maximum atomic E-state index is 13.7. The highest BCUT2D eigenvalue weighted by Crippen LogP contribution is 2.23. The van der Waals surface area contributed by atoms with E-state index >= 15 is 0 Å². The number of aromatic nitrogens is 1. The van der Waals surface area contributed by atoms with Crippen molar-refractivity contribution in [1.29, 1.82) is 0 Å². The summed E-state index contributed by atoms with van der Waals surface area (Å²) in [5.41, 5.74) is 1.97. The molecule has 9 heteroatoms. The second-order valence-electron chi connectivity index (χ2n) is 8.61. The Kier molecular flexibility index (Phi) is 8.57. The van der Waals surface area contributed by atoms with Gasteiger partial charge in [-0.15, -0.1) is 0 Å². The van der Waals surface area contributed by atoms with Gasteiger partial charge in [0.05, 0.1) is 10.6 Å². The van der Waals surface area contributed by atoms with Gasteiger partial charge in [-0.25, -0.2) is 0 Å². The number of halogens is 2. The molecule has 1 fully saturated rings.